The van der Waals surface area contributed by atoms with E-state index >= 15 is 17.6 Å². The lowest BCUT2D eigenvalue weighted by Gasteiger charge is -2.66. The fourth-order valence-corrected chi connectivity index (χ4v) is 19.3. The molecule has 11 heteroatoms. The van der Waals surface area contributed by atoms with Gasteiger partial charge in [-0.2, -0.15) is 0 Å². The molecule has 0 bridgehead atoms. The van der Waals surface area contributed by atoms with Gasteiger partial charge >= 0.3 is 11.9 Å². The molecule has 8 saturated carbocycles. The Bertz CT molecular complexity index is 1570. The summed E-state index contributed by atoms with van der Waals surface area (Å²) in [5.74, 6) is -8.05. The molecule has 8 aliphatic carbocycles. The molecule has 22 atom stereocenters. The van der Waals surface area contributed by atoms with Gasteiger partial charge in [0.25, 0.3) is 11.8 Å². The molecule has 0 aromatic carbocycles. The number of fused-ring (bicyclic) bond motifs is 10. The molecular formula is C53H86F4O7. The quantitative estimate of drug-likeness (QED) is 0.138. The summed E-state index contributed by atoms with van der Waals surface area (Å²) in [6, 6.07) is 0. The van der Waals surface area contributed by atoms with Gasteiger partial charge in [0.15, 0.2) is 0 Å². The van der Waals surface area contributed by atoms with E-state index in [2.05, 4.69) is 34.6 Å². The smallest absolute Gasteiger partial charge is 0.303 e. The molecule has 0 aliphatic heterocycles. The number of carboxylic acid groups (broad SMARTS) is 2. The molecule has 8 unspecified atom stereocenters. The Labute approximate surface area is 382 Å². The second kappa shape index (κ2) is 17.8. The zero-order valence-electron chi connectivity index (χ0n) is 40.7. The van der Waals surface area contributed by atoms with E-state index in [4.69, 9.17) is 10.2 Å². The number of hydrogen-bond acceptors (Lipinski definition) is 5. The molecule has 0 saturated heterocycles. The van der Waals surface area contributed by atoms with Crippen molar-refractivity contribution in [1.82, 2.24) is 0 Å². The van der Waals surface area contributed by atoms with Crippen LogP contribution in [0.5, 0.6) is 0 Å². The molecule has 7 nitrogen and oxygen atoms in total. The minimum Gasteiger partial charge on any atom is -0.481 e. The van der Waals surface area contributed by atoms with Crippen molar-refractivity contribution < 1.29 is 52.7 Å². The number of carbonyl (C=O) groups is 2. The molecule has 8 aliphatic rings. The predicted octanol–water partition coefficient (Wildman–Crippen LogP) is 12.0. The van der Waals surface area contributed by atoms with E-state index in [0.717, 1.165) is 57.8 Å². The minimum absolute atomic E-state index is 0.0164. The molecule has 5 N–H and O–H groups in total. The lowest BCUT2D eigenvalue weighted by molar-refractivity contribution is -0.286. The van der Waals surface area contributed by atoms with Crippen LogP contribution >= 0.6 is 0 Å². The topological polar surface area (TPSA) is 135 Å². The molecule has 368 valence electrons. The molecule has 0 heterocycles. The third-order valence-corrected chi connectivity index (χ3v) is 22.4. The maximum Gasteiger partial charge on any atom is 0.303 e. The van der Waals surface area contributed by atoms with E-state index < -0.39 is 76.6 Å². The summed E-state index contributed by atoms with van der Waals surface area (Å²) < 4.78 is 62.1. The van der Waals surface area contributed by atoms with Crippen LogP contribution in [-0.2, 0) is 9.59 Å². The largest absolute Gasteiger partial charge is 0.481 e. The van der Waals surface area contributed by atoms with Crippen LogP contribution in [-0.4, -0.2) is 67.6 Å². The van der Waals surface area contributed by atoms with Crippen molar-refractivity contribution >= 4 is 11.9 Å². The SMILES string of the molecule is CC[C@@H]1[C@@H]2C(F)(F)[C@H](C)CC[C@]2(C)C2CC[C@@]3(C)C(CCC3[C@H](C)CCC(=O)O)C2[C@@H]1O.CC[C@@H]1[C@@H]2C(F)(F)[C@H](O)CC[C@]2(C)C2CC[C@@]3(C)C(CCC3[C@H](C)CCC(=O)O)C2[C@@H]1O. The Hall–Kier alpha value is -1.46. The molecule has 0 aromatic heterocycles. The van der Waals surface area contributed by atoms with Gasteiger partial charge in [0.2, 0.25) is 0 Å². The normalized spacial score (nSPS) is 50.8. The van der Waals surface area contributed by atoms with E-state index in [1.54, 1.807) is 6.92 Å². The summed E-state index contributed by atoms with van der Waals surface area (Å²) in [4.78, 5) is 22.2. The van der Waals surface area contributed by atoms with E-state index in [1.165, 1.54) is 0 Å². The van der Waals surface area contributed by atoms with Gasteiger partial charge in [-0.05, 0) is 183 Å². The molecule has 0 amide bonds. The maximum atomic E-state index is 15.7. The summed E-state index contributed by atoms with van der Waals surface area (Å²) in [6.07, 6.45) is 9.85. The molecule has 0 aromatic rings. The average Bonchev–Trinajstić information content (AvgIpc) is 3.77. The van der Waals surface area contributed by atoms with Crippen LogP contribution in [0, 0.1) is 110 Å². The summed E-state index contributed by atoms with van der Waals surface area (Å²) in [7, 11) is 0. The fourth-order valence-electron chi connectivity index (χ4n) is 19.3. The van der Waals surface area contributed by atoms with Crippen molar-refractivity contribution in [3.05, 3.63) is 0 Å². The lowest BCUT2D eigenvalue weighted by atomic mass is 9.40. The Kier molecular flexibility index (Phi) is 14.0. The van der Waals surface area contributed by atoms with Gasteiger partial charge in [0, 0.05) is 30.6 Å². The summed E-state index contributed by atoms with van der Waals surface area (Å²) in [6.45, 7) is 18.8. The first-order chi connectivity index (χ1) is 29.8. The highest BCUT2D eigenvalue weighted by molar-refractivity contribution is 5.66. The lowest BCUT2D eigenvalue weighted by Crippen LogP contribution is -2.67. The standard InChI is InChI=1S/C27H44F2O3.C26H42F2O4/c1-6-17-23(32)22-19-9-8-18(15(2)7-10-21(30)31)25(19,4)14-12-20(22)26(5)13-11-16(3)27(28,29)24(17)26;1-5-15-22(32)21-17-8-7-16(14(2)6-9-20(30)31)24(17,3)12-10-18(21)25(4)13-11-19(29)26(27,28)23(15)25/h15-20,22-24,32H,6-14H2,1-5H3,(H,30,31);14-19,21-23,29,32H,5-13H2,1-4H3,(H,30,31)/t15-,16-,17+,18?,19?,20?,22?,23-,24+,25-,26-;14-,15+,16?,17?,18?,19-,21?,22-,23+,24-,25-/m11/s1. The molecule has 0 spiro atoms. The molecule has 64 heavy (non-hydrogen) atoms. The number of aliphatic hydroxyl groups is 3. The molecule has 0 radical (unpaired) electrons. The van der Waals surface area contributed by atoms with Crippen molar-refractivity contribution in [2.45, 2.75) is 208 Å². The third kappa shape index (κ3) is 7.74. The predicted molar refractivity (Wildman–Crippen MR) is 239 cm³/mol. The highest BCUT2D eigenvalue weighted by Gasteiger charge is 2.72. The van der Waals surface area contributed by atoms with Crippen LogP contribution in [0.1, 0.15) is 178 Å². The Morgan fingerprint density at radius 1 is 0.547 bits per heavy atom. The van der Waals surface area contributed by atoms with Crippen LogP contribution in [0.4, 0.5) is 17.6 Å². The van der Waals surface area contributed by atoms with Crippen LogP contribution in [0.15, 0.2) is 0 Å². The average molecular weight is 911 g/mol. The van der Waals surface area contributed by atoms with E-state index in [-0.39, 0.29) is 59.7 Å². The Balaban J connectivity index is 0.000000191. The van der Waals surface area contributed by atoms with E-state index in [0.29, 0.717) is 74.0 Å². The van der Waals surface area contributed by atoms with Gasteiger partial charge in [-0.15, -0.1) is 0 Å². The van der Waals surface area contributed by atoms with E-state index in [9.17, 15) is 24.9 Å². The van der Waals surface area contributed by atoms with Gasteiger partial charge in [0.05, 0.1) is 12.2 Å². The first-order valence-electron chi connectivity index (χ1n) is 26.0. The zero-order valence-corrected chi connectivity index (χ0v) is 40.7. The number of aliphatic carboxylic acids is 2. The van der Waals surface area contributed by atoms with Crippen LogP contribution in [0.3, 0.4) is 0 Å². The van der Waals surface area contributed by atoms with Gasteiger partial charge in [-0.3, -0.25) is 9.59 Å². The van der Waals surface area contributed by atoms with Crippen molar-refractivity contribution in [3.63, 3.8) is 0 Å². The number of carboxylic acids is 2. The second-order valence-electron chi connectivity index (χ2n) is 24.8. The number of halogens is 4. The van der Waals surface area contributed by atoms with Crippen molar-refractivity contribution in [3.8, 4) is 0 Å². The first-order valence-corrected chi connectivity index (χ1v) is 26.0. The van der Waals surface area contributed by atoms with E-state index in [1.807, 2.05) is 20.8 Å². The fraction of sp³-hybridized carbons (Fsp3) is 0.962. The van der Waals surface area contributed by atoms with Crippen molar-refractivity contribution in [2.75, 3.05) is 0 Å². The van der Waals surface area contributed by atoms with Crippen molar-refractivity contribution in [1.29, 1.82) is 0 Å². The molecule has 8 rings (SSSR count). The second-order valence-corrected chi connectivity index (χ2v) is 24.8. The first kappa shape index (κ1) is 50.4. The zero-order chi connectivity index (χ0) is 47.3. The van der Waals surface area contributed by atoms with Crippen molar-refractivity contribution in [2.24, 2.45) is 110 Å². The maximum absolute atomic E-state index is 15.7. The number of aliphatic hydroxyl groups excluding tert-OH is 3. The Morgan fingerprint density at radius 3 is 1.30 bits per heavy atom. The van der Waals surface area contributed by atoms with Gasteiger partial charge in [-0.1, -0.05) is 75.2 Å². The highest BCUT2D eigenvalue weighted by atomic mass is 19.3. The molecular weight excluding hydrogens is 825 g/mol. The number of rotatable bonds is 10. The summed E-state index contributed by atoms with van der Waals surface area (Å²) in [5.41, 5.74) is -0.874. The van der Waals surface area contributed by atoms with Gasteiger partial charge in [0.1, 0.15) is 6.10 Å². The Morgan fingerprint density at radius 2 is 0.906 bits per heavy atom. The van der Waals surface area contributed by atoms with Crippen LogP contribution < -0.4 is 0 Å². The highest BCUT2D eigenvalue weighted by Crippen LogP contribution is 2.73. The summed E-state index contributed by atoms with van der Waals surface area (Å²) >= 11 is 0. The monoisotopic (exact) mass is 911 g/mol. The van der Waals surface area contributed by atoms with Gasteiger partial charge in [-0.25, -0.2) is 17.6 Å². The summed E-state index contributed by atoms with van der Waals surface area (Å²) in [5, 5.41) is 51.8. The number of hydrogen-bond donors (Lipinski definition) is 5. The minimum atomic E-state index is -3.16. The van der Waals surface area contributed by atoms with Gasteiger partial charge < -0.3 is 25.5 Å². The number of alkyl halides is 4. The van der Waals surface area contributed by atoms with Crippen LogP contribution in [0.2, 0.25) is 0 Å². The van der Waals surface area contributed by atoms with Crippen LogP contribution in [0.25, 0.3) is 0 Å². The third-order valence-electron chi connectivity index (χ3n) is 22.4. The molecule has 8 fully saturated rings.